The van der Waals surface area contributed by atoms with Crippen LogP contribution in [-0.4, -0.2) is 49.5 Å². The van der Waals surface area contributed by atoms with Gasteiger partial charge in [-0.15, -0.1) is 0 Å². The number of urea groups is 1. The molecule has 2 fully saturated rings. The summed E-state index contributed by atoms with van der Waals surface area (Å²) in [6, 6.07) is 12.6. The molecule has 0 aliphatic carbocycles. The number of hydrogen-bond donors (Lipinski definition) is 2. The highest BCUT2D eigenvalue weighted by atomic mass is 16.5. The monoisotopic (exact) mass is 448 g/mol. The molecule has 0 saturated carbocycles. The molecule has 0 unspecified atom stereocenters. The lowest BCUT2D eigenvalue weighted by molar-refractivity contribution is -0.127. The molecule has 2 heterocycles. The van der Waals surface area contributed by atoms with Crippen molar-refractivity contribution in [2.75, 3.05) is 37.0 Å². The Morgan fingerprint density at radius 3 is 2.64 bits per heavy atom. The lowest BCUT2D eigenvalue weighted by atomic mass is 10.1. The van der Waals surface area contributed by atoms with Crippen LogP contribution in [0.25, 0.3) is 6.08 Å². The Balaban J connectivity index is 1.48. The zero-order valence-electron chi connectivity index (χ0n) is 18.9. The molecule has 0 radical (unpaired) electrons. The van der Waals surface area contributed by atoms with E-state index in [2.05, 4.69) is 15.5 Å². The fraction of sp³-hybridized carbons (Fsp3) is 0.320. The average Bonchev–Trinajstić information content (AvgIpc) is 3.45. The van der Waals surface area contributed by atoms with Crippen LogP contribution >= 0.6 is 0 Å². The van der Waals surface area contributed by atoms with Gasteiger partial charge in [0.15, 0.2) is 0 Å². The molecule has 0 bridgehead atoms. The van der Waals surface area contributed by atoms with Gasteiger partial charge in [0.2, 0.25) is 5.91 Å². The quantitative estimate of drug-likeness (QED) is 0.501. The molecule has 4 amide bonds. The summed E-state index contributed by atoms with van der Waals surface area (Å²) in [7, 11) is 1.57. The van der Waals surface area contributed by atoms with E-state index in [1.807, 2.05) is 43.3 Å². The van der Waals surface area contributed by atoms with E-state index in [0.29, 0.717) is 17.0 Å². The summed E-state index contributed by atoms with van der Waals surface area (Å²) in [5.74, 6) is -0.376. The summed E-state index contributed by atoms with van der Waals surface area (Å²) in [6.07, 6.45) is 4.67. The Labute approximate surface area is 193 Å². The van der Waals surface area contributed by atoms with Gasteiger partial charge in [0.05, 0.1) is 7.11 Å². The number of para-hydroxylation sites is 1. The molecule has 2 saturated heterocycles. The summed E-state index contributed by atoms with van der Waals surface area (Å²) >= 11 is 0. The van der Waals surface area contributed by atoms with E-state index >= 15 is 0 Å². The fourth-order valence-corrected chi connectivity index (χ4v) is 4.15. The molecule has 4 rings (SSSR count). The molecule has 0 aromatic heterocycles. The summed E-state index contributed by atoms with van der Waals surface area (Å²) < 4.78 is 5.52. The van der Waals surface area contributed by atoms with Crippen molar-refractivity contribution >= 4 is 35.3 Å². The highest BCUT2D eigenvalue weighted by molar-refractivity contribution is 6.16. The van der Waals surface area contributed by atoms with Crippen molar-refractivity contribution in [3.8, 4) is 5.75 Å². The predicted octanol–water partition coefficient (Wildman–Crippen LogP) is 3.39. The summed E-state index contributed by atoms with van der Waals surface area (Å²) in [4.78, 5) is 41.0. The van der Waals surface area contributed by atoms with Gasteiger partial charge in [-0.05, 0) is 49.1 Å². The average molecular weight is 449 g/mol. The van der Waals surface area contributed by atoms with Crippen LogP contribution in [0, 0.1) is 0 Å². The first-order chi connectivity index (χ1) is 16.0. The van der Waals surface area contributed by atoms with Crippen molar-refractivity contribution in [2.24, 2.45) is 0 Å². The van der Waals surface area contributed by atoms with Crippen LogP contribution in [0.2, 0.25) is 0 Å². The van der Waals surface area contributed by atoms with E-state index in [1.165, 1.54) is 12.8 Å². The second-order valence-electron chi connectivity index (χ2n) is 8.06. The van der Waals surface area contributed by atoms with Gasteiger partial charge in [-0.2, -0.15) is 0 Å². The maximum absolute atomic E-state index is 12.9. The van der Waals surface area contributed by atoms with Crippen LogP contribution in [0.5, 0.6) is 5.75 Å². The Bertz CT molecular complexity index is 1110. The van der Waals surface area contributed by atoms with Crippen molar-refractivity contribution in [1.82, 2.24) is 10.2 Å². The molecule has 172 valence electrons. The van der Waals surface area contributed by atoms with Gasteiger partial charge in [-0.25, -0.2) is 9.69 Å². The van der Waals surface area contributed by atoms with Crippen molar-refractivity contribution in [3.63, 3.8) is 0 Å². The van der Waals surface area contributed by atoms with Gasteiger partial charge >= 0.3 is 6.03 Å². The first-order valence-corrected chi connectivity index (χ1v) is 11.2. The fourth-order valence-electron chi connectivity index (χ4n) is 4.15. The van der Waals surface area contributed by atoms with Crippen molar-refractivity contribution in [3.05, 3.63) is 59.3 Å². The number of methoxy groups -OCH3 is 1. The lowest BCUT2D eigenvalue weighted by Gasteiger charge is -2.19. The van der Waals surface area contributed by atoms with E-state index in [-0.39, 0.29) is 12.2 Å². The number of aryl methyl sites for hydroxylation is 1. The molecule has 0 spiro atoms. The number of imide groups is 1. The minimum atomic E-state index is -0.627. The molecule has 2 aliphatic heterocycles. The number of amides is 4. The maximum atomic E-state index is 12.9. The number of anilines is 2. The van der Waals surface area contributed by atoms with Gasteiger partial charge in [-0.3, -0.25) is 9.59 Å². The SMILES string of the molecule is CCc1ccccc1NC(=O)CN1C(=O)N/C(=C/c2ccc(N3CCCC3)cc2OC)C1=O. The Hall–Kier alpha value is -3.81. The first-order valence-electron chi connectivity index (χ1n) is 11.2. The third-order valence-corrected chi connectivity index (χ3v) is 5.92. The summed E-state index contributed by atoms with van der Waals surface area (Å²) in [6.45, 7) is 3.65. The second-order valence-corrected chi connectivity index (χ2v) is 8.06. The zero-order valence-corrected chi connectivity index (χ0v) is 18.9. The molecule has 2 N–H and O–H groups in total. The minimum absolute atomic E-state index is 0.106. The second kappa shape index (κ2) is 9.77. The van der Waals surface area contributed by atoms with E-state index in [4.69, 9.17) is 4.74 Å². The number of nitrogens with zero attached hydrogens (tertiary/aromatic N) is 2. The Morgan fingerprint density at radius 1 is 1.15 bits per heavy atom. The number of hydrogen-bond acceptors (Lipinski definition) is 5. The normalized spacial score (nSPS) is 17.0. The Kier molecular flexibility index (Phi) is 6.63. The van der Waals surface area contributed by atoms with E-state index in [1.54, 1.807) is 19.3 Å². The molecule has 0 atom stereocenters. The molecule has 2 aromatic carbocycles. The van der Waals surface area contributed by atoms with Crippen molar-refractivity contribution < 1.29 is 19.1 Å². The number of rotatable bonds is 7. The van der Waals surface area contributed by atoms with Crippen molar-refractivity contribution in [1.29, 1.82) is 0 Å². The third kappa shape index (κ3) is 4.84. The van der Waals surface area contributed by atoms with Gasteiger partial charge in [0.1, 0.15) is 18.0 Å². The number of benzene rings is 2. The molecule has 2 aliphatic rings. The zero-order chi connectivity index (χ0) is 23.4. The van der Waals surface area contributed by atoms with Crippen molar-refractivity contribution in [2.45, 2.75) is 26.2 Å². The third-order valence-electron chi connectivity index (χ3n) is 5.92. The molecular formula is C25H28N4O4. The van der Waals surface area contributed by atoms with Gasteiger partial charge in [0, 0.05) is 36.1 Å². The lowest BCUT2D eigenvalue weighted by Crippen LogP contribution is -2.38. The molecule has 33 heavy (non-hydrogen) atoms. The largest absolute Gasteiger partial charge is 0.496 e. The van der Waals surface area contributed by atoms with Crippen LogP contribution in [0.15, 0.2) is 48.2 Å². The maximum Gasteiger partial charge on any atom is 0.329 e. The summed E-state index contributed by atoms with van der Waals surface area (Å²) in [5.41, 5.74) is 3.50. The van der Waals surface area contributed by atoms with E-state index in [0.717, 1.165) is 35.7 Å². The number of carbonyl (C=O) groups is 3. The highest BCUT2D eigenvalue weighted by Gasteiger charge is 2.35. The molecule has 2 aromatic rings. The number of nitrogens with one attached hydrogen (secondary N) is 2. The van der Waals surface area contributed by atoms with Crippen LogP contribution in [0.3, 0.4) is 0 Å². The summed E-state index contributed by atoms with van der Waals surface area (Å²) in [5, 5.41) is 5.36. The molecular weight excluding hydrogens is 420 g/mol. The smallest absolute Gasteiger partial charge is 0.329 e. The standard InChI is InChI=1S/C25H28N4O4/c1-3-17-8-4-5-9-20(17)26-23(30)16-29-24(31)21(27-25(29)32)14-18-10-11-19(15-22(18)33-2)28-12-6-7-13-28/h4-5,8-11,14-15H,3,6-7,12-13,16H2,1-2H3,(H,26,30)(H,27,32)/b21-14+. The van der Waals surface area contributed by atoms with E-state index < -0.39 is 17.8 Å². The number of ether oxygens (including phenoxy) is 1. The van der Waals surface area contributed by atoms with Crippen LogP contribution in [0.4, 0.5) is 16.2 Å². The van der Waals surface area contributed by atoms with Gasteiger partial charge in [0.25, 0.3) is 5.91 Å². The topological polar surface area (TPSA) is 91.0 Å². The van der Waals surface area contributed by atoms with Gasteiger partial charge in [-0.1, -0.05) is 25.1 Å². The number of carbonyl (C=O) groups excluding carboxylic acids is 3. The predicted molar refractivity (Wildman–Crippen MR) is 127 cm³/mol. The minimum Gasteiger partial charge on any atom is -0.496 e. The van der Waals surface area contributed by atoms with Crippen LogP contribution in [-0.2, 0) is 16.0 Å². The highest BCUT2D eigenvalue weighted by Crippen LogP contribution is 2.30. The van der Waals surface area contributed by atoms with E-state index in [9.17, 15) is 14.4 Å². The molecule has 8 nitrogen and oxygen atoms in total. The van der Waals surface area contributed by atoms with Crippen LogP contribution in [0.1, 0.15) is 30.9 Å². The molecule has 8 heteroatoms. The van der Waals surface area contributed by atoms with Gasteiger partial charge < -0.3 is 20.3 Å². The Morgan fingerprint density at radius 2 is 1.91 bits per heavy atom. The van der Waals surface area contributed by atoms with Crippen LogP contribution < -0.4 is 20.3 Å². The first kappa shape index (κ1) is 22.4.